The van der Waals surface area contributed by atoms with Gasteiger partial charge in [-0.25, -0.2) is 0 Å². The van der Waals surface area contributed by atoms with E-state index >= 15 is 0 Å². The van der Waals surface area contributed by atoms with Crippen molar-refractivity contribution >= 4 is 11.5 Å². The summed E-state index contributed by atoms with van der Waals surface area (Å²) in [5, 5.41) is 7.76. The normalized spacial score (nSPS) is 22.6. The quantitative estimate of drug-likeness (QED) is 0.421. The summed E-state index contributed by atoms with van der Waals surface area (Å²) in [6.07, 6.45) is 6.37. The maximum absolute atomic E-state index is 5.35. The molecule has 0 radical (unpaired) electrons. The zero-order valence-electron chi connectivity index (χ0n) is 24.4. The first-order valence-corrected chi connectivity index (χ1v) is 14.3. The molecule has 0 aromatic heterocycles. The molecule has 3 heterocycles. The Morgan fingerprint density at radius 3 is 2.17 bits per heavy atom. The molecule has 194 valence electrons. The smallest absolute Gasteiger partial charge is 0.162 e. The van der Waals surface area contributed by atoms with Crippen molar-refractivity contribution in [1.82, 2.24) is 5.01 Å². The van der Waals surface area contributed by atoms with Crippen molar-refractivity contribution in [2.24, 2.45) is 5.10 Å². The van der Waals surface area contributed by atoms with Gasteiger partial charge in [-0.1, -0.05) is 86.4 Å². The second kappa shape index (κ2) is 8.36. The fraction of sp³-hybridized carbons (Fsp3) is 0.606. The van der Waals surface area contributed by atoms with E-state index in [1.165, 1.54) is 59.2 Å². The molecule has 2 aromatic rings. The Morgan fingerprint density at radius 2 is 1.58 bits per heavy atom. The molecule has 3 heteroatoms. The van der Waals surface area contributed by atoms with Crippen molar-refractivity contribution in [3.63, 3.8) is 0 Å². The Kier molecular flexibility index (Phi) is 5.89. The monoisotopic (exact) mass is 485 g/mol. The number of unbranched alkanes of at least 4 members (excludes halogenated alkanes) is 1. The number of hydrazone groups is 1. The minimum absolute atomic E-state index is 0.0950. The minimum atomic E-state index is 0.0950. The van der Waals surface area contributed by atoms with Crippen LogP contribution < -0.4 is 4.90 Å². The van der Waals surface area contributed by atoms with E-state index < -0.39 is 0 Å². The number of benzene rings is 2. The highest BCUT2D eigenvalue weighted by molar-refractivity contribution is 6.21. The Labute approximate surface area is 220 Å². The number of hydrogen-bond donors (Lipinski definition) is 0. The zero-order valence-corrected chi connectivity index (χ0v) is 24.4. The van der Waals surface area contributed by atoms with Gasteiger partial charge in [-0.3, -0.25) is 5.01 Å². The molecule has 0 saturated heterocycles. The highest BCUT2D eigenvalue weighted by Gasteiger charge is 2.52. The van der Waals surface area contributed by atoms with Crippen LogP contribution >= 0.6 is 0 Å². The molecule has 0 N–H and O–H groups in total. The Balaban J connectivity index is 1.88. The molecule has 2 unspecified atom stereocenters. The van der Waals surface area contributed by atoms with Crippen molar-refractivity contribution in [2.45, 2.75) is 130 Å². The molecule has 0 fully saturated rings. The Hall–Kier alpha value is -2.29. The van der Waals surface area contributed by atoms with Crippen molar-refractivity contribution in [2.75, 3.05) is 4.90 Å². The van der Waals surface area contributed by atoms with Crippen LogP contribution in [0.25, 0.3) is 11.1 Å². The van der Waals surface area contributed by atoms with E-state index in [0.717, 1.165) is 12.3 Å². The van der Waals surface area contributed by atoms with Crippen LogP contribution in [0.3, 0.4) is 0 Å². The maximum atomic E-state index is 5.35. The summed E-state index contributed by atoms with van der Waals surface area (Å²) < 4.78 is 0. The van der Waals surface area contributed by atoms with Gasteiger partial charge in [-0.05, 0) is 78.3 Å². The number of rotatable bonds is 5. The van der Waals surface area contributed by atoms with Gasteiger partial charge >= 0.3 is 0 Å². The van der Waals surface area contributed by atoms with Gasteiger partial charge in [0, 0.05) is 22.6 Å². The van der Waals surface area contributed by atoms with E-state index in [1.807, 2.05) is 0 Å². The van der Waals surface area contributed by atoms with Gasteiger partial charge in [-0.15, -0.1) is 0 Å². The molecule has 2 atom stereocenters. The summed E-state index contributed by atoms with van der Waals surface area (Å²) in [6, 6.07) is 12.6. The van der Waals surface area contributed by atoms with E-state index in [4.69, 9.17) is 5.10 Å². The molecule has 5 rings (SSSR count). The molecular formula is C33H47N3. The predicted molar refractivity (Wildman–Crippen MR) is 155 cm³/mol. The number of nitrogens with zero attached hydrogens (tertiary/aromatic N) is 3. The molecule has 0 amide bonds. The molecule has 3 aliphatic rings. The molecular weight excluding hydrogens is 438 g/mol. The van der Waals surface area contributed by atoms with Crippen LogP contribution in [0.4, 0.5) is 5.69 Å². The summed E-state index contributed by atoms with van der Waals surface area (Å²) >= 11 is 0. The number of anilines is 1. The maximum Gasteiger partial charge on any atom is 0.162 e. The lowest BCUT2D eigenvalue weighted by Crippen LogP contribution is -2.54. The first-order valence-electron chi connectivity index (χ1n) is 14.3. The largest absolute Gasteiger partial charge is 0.301 e. The summed E-state index contributed by atoms with van der Waals surface area (Å²) in [7, 11) is 0. The first kappa shape index (κ1) is 25.4. The van der Waals surface area contributed by atoms with Gasteiger partial charge in [0.05, 0.1) is 5.69 Å². The Bertz CT molecular complexity index is 1210. The van der Waals surface area contributed by atoms with Crippen LogP contribution in [-0.2, 0) is 16.2 Å². The van der Waals surface area contributed by atoms with Crippen LogP contribution in [0.15, 0.2) is 35.4 Å². The third kappa shape index (κ3) is 3.72. The van der Waals surface area contributed by atoms with Crippen molar-refractivity contribution in [3.8, 4) is 11.1 Å². The molecule has 0 aliphatic carbocycles. The fourth-order valence-corrected chi connectivity index (χ4v) is 6.65. The first-order chi connectivity index (χ1) is 16.8. The van der Waals surface area contributed by atoms with Gasteiger partial charge in [0.25, 0.3) is 0 Å². The standard InChI is InChI=1S/C33H47N3/c1-11-13-16-33(12-2)20-28-35-29-26(18-23(19-27(29)33)32(8,9)10)25-17-22(31(5,6)7)14-15-24(25)30(35)34-36(28)21(3)4/h14-15,17-19,21,28H,11-13,16,20H2,1-10H3. The zero-order chi connectivity index (χ0) is 26.2. The van der Waals surface area contributed by atoms with Crippen LogP contribution in [0.2, 0.25) is 0 Å². The topological polar surface area (TPSA) is 18.8 Å². The third-order valence-corrected chi connectivity index (χ3v) is 9.03. The molecule has 3 aliphatic heterocycles. The molecule has 3 nitrogen and oxygen atoms in total. The lowest BCUT2D eigenvalue weighted by Gasteiger charge is -2.50. The highest BCUT2D eigenvalue weighted by Crippen LogP contribution is 2.57. The van der Waals surface area contributed by atoms with Gasteiger partial charge in [0.1, 0.15) is 6.17 Å². The fourth-order valence-electron chi connectivity index (χ4n) is 6.65. The molecule has 0 spiro atoms. The SMILES string of the molecule is CCCCC1(CC)CC2N3C(=NN2C(C)C)c2ccc(C(C)(C)C)cc2-c2cc(C(C)(C)C)cc1c23. The molecule has 0 bridgehead atoms. The number of amidine groups is 1. The second-order valence-electron chi connectivity index (χ2n) is 13.9. The van der Waals surface area contributed by atoms with Gasteiger partial charge in [0.15, 0.2) is 5.84 Å². The van der Waals surface area contributed by atoms with Gasteiger partial charge < -0.3 is 4.90 Å². The summed E-state index contributed by atoms with van der Waals surface area (Å²) in [4.78, 5) is 2.62. The predicted octanol–water partition coefficient (Wildman–Crippen LogP) is 8.72. The summed E-state index contributed by atoms with van der Waals surface area (Å²) in [5.74, 6) is 1.15. The number of hydrogen-bond acceptors (Lipinski definition) is 3. The van der Waals surface area contributed by atoms with Gasteiger partial charge in [0.2, 0.25) is 0 Å². The average Bonchev–Trinajstić information content (AvgIpc) is 3.20. The van der Waals surface area contributed by atoms with Crippen molar-refractivity contribution in [3.05, 3.63) is 52.6 Å². The minimum Gasteiger partial charge on any atom is -0.301 e. The van der Waals surface area contributed by atoms with Crippen LogP contribution in [0.5, 0.6) is 0 Å². The van der Waals surface area contributed by atoms with E-state index in [1.54, 1.807) is 5.56 Å². The molecule has 36 heavy (non-hydrogen) atoms. The molecule has 2 aromatic carbocycles. The Morgan fingerprint density at radius 1 is 0.917 bits per heavy atom. The van der Waals surface area contributed by atoms with E-state index in [0.29, 0.717) is 12.2 Å². The van der Waals surface area contributed by atoms with Crippen molar-refractivity contribution < 1.29 is 0 Å². The molecule has 0 saturated carbocycles. The van der Waals surface area contributed by atoms with E-state index in [2.05, 4.69) is 109 Å². The third-order valence-electron chi connectivity index (χ3n) is 9.03. The van der Waals surface area contributed by atoms with Crippen LogP contribution in [0, 0.1) is 0 Å². The lowest BCUT2D eigenvalue weighted by molar-refractivity contribution is 0.135. The van der Waals surface area contributed by atoms with Gasteiger partial charge in [-0.2, -0.15) is 5.10 Å². The van der Waals surface area contributed by atoms with Crippen molar-refractivity contribution in [1.29, 1.82) is 0 Å². The highest BCUT2D eigenvalue weighted by atomic mass is 15.6. The lowest BCUT2D eigenvalue weighted by atomic mass is 9.65. The number of fused-ring (bicyclic) bond motifs is 3. The second-order valence-corrected chi connectivity index (χ2v) is 13.9. The van der Waals surface area contributed by atoms with E-state index in [-0.39, 0.29) is 16.2 Å². The average molecular weight is 486 g/mol. The summed E-state index contributed by atoms with van der Waals surface area (Å²) in [6.45, 7) is 23.4. The van der Waals surface area contributed by atoms with E-state index in [9.17, 15) is 0 Å². The van der Waals surface area contributed by atoms with Crippen LogP contribution in [-0.4, -0.2) is 23.1 Å². The summed E-state index contributed by atoms with van der Waals surface area (Å²) in [5.41, 5.74) is 10.3. The van der Waals surface area contributed by atoms with Crippen LogP contribution in [0.1, 0.15) is 124 Å².